The Hall–Kier alpha value is -0.790. The molecule has 0 saturated heterocycles. The molecule has 0 aliphatic heterocycles. The first-order chi connectivity index (χ1) is 13.7. The van der Waals surface area contributed by atoms with Crippen molar-refractivity contribution in [2.75, 3.05) is 6.61 Å². The SMILES string of the molecule is CCCCCCCCCCCCCCCCCCC=C(C)C(=O)OCCCC. The average Bonchev–Trinajstić information content (AvgIpc) is 2.70. The minimum atomic E-state index is -0.134. The Labute approximate surface area is 176 Å². The summed E-state index contributed by atoms with van der Waals surface area (Å²) >= 11 is 0. The molecule has 0 atom stereocenters. The fraction of sp³-hybridized carbons (Fsp3) is 0.885. The maximum atomic E-state index is 11.7. The average molecular weight is 395 g/mol. The van der Waals surface area contributed by atoms with Crippen molar-refractivity contribution in [3.63, 3.8) is 0 Å². The van der Waals surface area contributed by atoms with Crippen LogP contribution in [0.5, 0.6) is 0 Å². The minimum absolute atomic E-state index is 0.134. The van der Waals surface area contributed by atoms with Crippen LogP contribution in [-0.4, -0.2) is 12.6 Å². The zero-order chi connectivity index (χ0) is 20.7. The fourth-order valence-corrected chi connectivity index (χ4v) is 3.52. The summed E-state index contributed by atoms with van der Waals surface area (Å²) in [6.45, 7) is 6.82. The predicted molar refractivity (Wildman–Crippen MR) is 124 cm³/mol. The fourth-order valence-electron chi connectivity index (χ4n) is 3.52. The van der Waals surface area contributed by atoms with Crippen molar-refractivity contribution in [1.82, 2.24) is 0 Å². The Morgan fingerprint density at radius 2 is 1.00 bits per heavy atom. The molecule has 0 aromatic rings. The third-order valence-electron chi connectivity index (χ3n) is 5.56. The Balaban J connectivity index is 3.27. The lowest BCUT2D eigenvalue weighted by molar-refractivity contribution is -0.139. The van der Waals surface area contributed by atoms with E-state index >= 15 is 0 Å². The maximum absolute atomic E-state index is 11.7. The molecule has 0 aromatic carbocycles. The molecule has 2 nitrogen and oxygen atoms in total. The maximum Gasteiger partial charge on any atom is 0.333 e. The van der Waals surface area contributed by atoms with Gasteiger partial charge < -0.3 is 4.74 Å². The zero-order valence-corrected chi connectivity index (χ0v) is 19.5. The normalized spacial score (nSPS) is 11.8. The summed E-state index contributed by atoms with van der Waals surface area (Å²) in [6.07, 6.45) is 27.4. The van der Waals surface area contributed by atoms with Crippen LogP contribution in [0.2, 0.25) is 0 Å². The van der Waals surface area contributed by atoms with E-state index in [1.807, 2.05) is 6.92 Å². The van der Waals surface area contributed by atoms with Gasteiger partial charge in [0.25, 0.3) is 0 Å². The topological polar surface area (TPSA) is 26.3 Å². The highest BCUT2D eigenvalue weighted by Gasteiger charge is 2.04. The van der Waals surface area contributed by atoms with Gasteiger partial charge in [0.2, 0.25) is 0 Å². The molecular weight excluding hydrogens is 344 g/mol. The molecule has 0 amide bonds. The van der Waals surface area contributed by atoms with Crippen LogP contribution in [-0.2, 0) is 9.53 Å². The van der Waals surface area contributed by atoms with Gasteiger partial charge in [0.1, 0.15) is 0 Å². The molecule has 0 aliphatic rings. The summed E-state index contributed by atoms with van der Waals surface area (Å²) in [5, 5.41) is 0. The third kappa shape index (κ3) is 20.0. The van der Waals surface area contributed by atoms with Crippen molar-refractivity contribution in [3.8, 4) is 0 Å². The predicted octanol–water partition coefficient (Wildman–Crippen LogP) is 8.93. The Morgan fingerprint density at radius 3 is 1.43 bits per heavy atom. The second-order valence-electron chi connectivity index (χ2n) is 8.47. The molecule has 0 aliphatic carbocycles. The quantitative estimate of drug-likeness (QED) is 0.110. The monoisotopic (exact) mass is 394 g/mol. The summed E-state index contributed by atoms with van der Waals surface area (Å²) in [6, 6.07) is 0. The lowest BCUT2D eigenvalue weighted by atomic mass is 10.0. The van der Waals surface area contributed by atoms with Crippen molar-refractivity contribution >= 4 is 5.97 Å². The Bertz CT molecular complexity index is 359. The minimum Gasteiger partial charge on any atom is -0.462 e. The molecule has 0 bridgehead atoms. The molecule has 2 heteroatoms. The van der Waals surface area contributed by atoms with Gasteiger partial charge >= 0.3 is 5.97 Å². The van der Waals surface area contributed by atoms with Crippen LogP contribution in [0, 0.1) is 0 Å². The summed E-state index contributed by atoms with van der Waals surface area (Å²) in [7, 11) is 0. The molecule has 166 valence electrons. The highest BCUT2D eigenvalue weighted by atomic mass is 16.5. The molecule has 0 N–H and O–H groups in total. The van der Waals surface area contributed by atoms with Gasteiger partial charge in [-0.3, -0.25) is 0 Å². The summed E-state index contributed by atoms with van der Waals surface area (Å²) in [4.78, 5) is 11.7. The second-order valence-corrected chi connectivity index (χ2v) is 8.47. The van der Waals surface area contributed by atoms with Gasteiger partial charge in [-0.05, 0) is 26.2 Å². The van der Waals surface area contributed by atoms with E-state index in [1.54, 1.807) is 0 Å². The first-order valence-corrected chi connectivity index (χ1v) is 12.6. The molecule has 0 aromatic heterocycles. The van der Waals surface area contributed by atoms with Crippen molar-refractivity contribution in [2.45, 2.75) is 143 Å². The summed E-state index contributed by atoms with van der Waals surface area (Å²) < 4.78 is 5.22. The standard InChI is InChI=1S/C26H50O2/c1-4-6-8-9-10-11-12-13-14-15-16-17-18-19-20-21-22-23-25(3)26(27)28-24-7-5-2/h23H,4-22,24H2,1-3H3. The van der Waals surface area contributed by atoms with Crippen LogP contribution in [0.1, 0.15) is 143 Å². The zero-order valence-electron chi connectivity index (χ0n) is 19.5. The highest BCUT2D eigenvalue weighted by molar-refractivity contribution is 5.87. The van der Waals surface area contributed by atoms with Crippen LogP contribution in [0.15, 0.2) is 11.6 Å². The molecule has 0 radical (unpaired) electrons. The number of rotatable bonds is 21. The van der Waals surface area contributed by atoms with Gasteiger partial charge in [-0.2, -0.15) is 0 Å². The number of carbonyl (C=O) groups excluding carboxylic acids is 1. The third-order valence-corrected chi connectivity index (χ3v) is 5.56. The molecule has 0 heterocycles. The van der Waals surface area contributed by atoms with E-state index in [1.165, 1.54) is 103 Å². The van der Waals surface area contributed by atoms with Crippen LogP contribution in [0.4, 0.5) is 0 Å². The van der Waals surface area contributed by atoms with Crippen molar-refractivity contribution < 1.29 is 9.53 Å². The van der Waals surface area contributed by atoms with E-state index < -0.39 is 0 Å². The smallest absolute Gasteiger partial charge is 0.333 e. The largest absolute Gasteiger partial charge is 0.462 e. The van der Waals surface area contributed by atoms with Gasteiger partial charge in [0, 0.05) is 5.57 Å². The van der Waals surface area contributed by atoms with Gasteiger partial charge in [-0.25, -0.2) is 4.79 Å². The molecule has 0 saturated carbocycles. The Kier molecular flexibility index (Phi) is 21.9. The number of hydrogen-bond acceptors (Lipinski definition) is 2. The number of allylic oxidation sites excluding steroid dienone is 1. The number of unbranched alkanes of at least 4 members (excludes halogenated alkanes) is 17. The summed E-state index contributed by atoms with van der Waals surface area (Å²) in [5.41, 5.74) is 0.775. The second kappa shape index (κ2) is 22.5. The van der Waals surface area contributed by atoms with E-state index in [2.05, 4.69) is 19.9 Å². The van der Waals surface area contributed by atoms with Gasteiger partial charge in [-0.15, -0.1) is 0 Å². The lowest BCUT2D eigenvalue weighted by Gasteiger charge is -2.04. The molecule has 0 unspecified atom stereocenters. The lowest BCUT2D eigenvalue weighted by Crippen LogP contribution is -2.06. The van der Waals surface area contributed by atoms with Crippen LogP contribution >= 0.6 is 0 Å². The highest BCUT2D eigenvalue weighted by Crippen LogP contribution is 2.14. The number of esters is 1. The van der Waals surface area contributed by atoms with Gasteiger partial charge in [0.05, 0.1) is 6.61 Å². The Morgan fingerprint density at radius 1 is 0.607 bits per heavy atom. The summed E-state index contributed by atoms with van der Waals surface area (Å²) in [5.74, 6) is -0.134. The van der Waals surface area contributed by atoms with Crippen molar-refractivity contribution in [1.29, 1.82) is 0 Å². The van der Waals surface area contributed by atoms with Crippen LogP contribution < -0.4 is 0 Å². The van der Waals surface area contributed by atoms with Gasteiger partial charge in [0.15, 0.2) is 0 Å². The van der Waals surface area contributed by atoms with Crippen molar-refractivity contribution in [3.05, 3.63) is 11.6 Å². The molecule has 0 spiro atoms. The number of hydrogen-bond donors (Lipinski definition) is 0. The van der Waals surface area contributed by atoms with Crippen LogP contribution in [0.3, 0.4) is 0 Å². The molecular formula is C26H50O2. The van der Waals surface area contributed by atoms with Crippen molar-refractivity contribution in [2.24, 2.45) is 0 Å². The number of ether oxygens (including phenoxy) is 1. The van der Waals surface area contributed by atoms with Gasteiger partial charge in [-0.1, -0.05) is 123 Å². The molecule has 0 fully saturated rings. The van der Waals surface area contributed by atoms with E-state index in [0.29, 0.717) is 6.61 Å². The van der Waals surface area contributed by atoms with E-state index in [9.17, 15) is 4.79 Å². The number of carbonyl (C=O) groups is 1. The van der Waals surface area contributed by atoms with E-state index in [-0.39, 0.29) is 5.97 Å². The first-order valence-electron chi connectivity index (χ1n) is 12.6. The first kappa shape index (κ1) is 27.2. The molecule has 0 rings (SSSR count). The van der Waals surface area contributed by atoms with E-state index in [0.717, 1.165) is 24.8 Å². The van der Waals surface area contributed by atoms with E-state index in [4.69, 9.17) is 4.74 Å². The van der Waals surface area contributed by atoms with Crippen LogP contribution in [0.25, 0.3) is 0 Å². The molecule has 28 heavy (non-hydrogen) atoms.